The third-order valence-corrected chi connectivity index (χ3v) is 2.46. The van der Waals surface area contributed by atoms with E-state index in [0.717, 1.165) is 18.4 Å². The summed E-state index contributed by atoms with van der Waals surface area (Å²) in [6, 6.07) is 0. The molecule has 13 heavy (non-hydrogen) atoms. The first-order chi connectivity index (χ1) is 6.19. The van der Waals surface area contributed by atoms with E-state index in [-0.39, 0.29) is 6.10 Å². The fourth-order valence-electron chi connectivity index (χ4n) is 1.64. The van der Waals surface area contributed by atoms with Gasteiger partial charge in [0.15, 0.2) is 0 Å². The van der Waals surface area contributed by atoms with E-state index in [9.17, 15) is 4.79 Å². The van der Waals surface area contributed by atoms with Crippen molar-refractivity contribution in [2.75, 3.05) is 6.61 Å². The molecule has 1 unspecified atom stereocenters. The highest BCUT2D eigenvalue weighted by Crippen LogP contribution is 2.25. The molecular formula is C10H16O3. The number of ether oxygens (including phenoxy) is 1. The van der Waals surface area contributed by atoms with Gasteiger partial charge in [0, 0.05) is 5.57 Å². The Kier molecular flexibility index (Phi) is 3.48. The minimum atomic E-state index is -0.794. The molecule has 0 spiro atoms. The van der Waals surface area contributed by atoms with E-state index in [1.54, 1.807) is 0 Å². The van der Waals surface area contributed by atoms with Gasteiger partial charge in [0.05, 0.1) is 12.7 Å². The highest BCUT2D eigenvalue weighted by molar-refractivity contribution is 5.87. The second-order valence-electron chi connectivity index (χ2n) is 3.29. The van der Waals surface area contributed by atoms with Gasteiger partial charge in [0.2, 0.25) is 0 Å². The van der Waals surface area contributed by atoms with Crippen molar-refractivity contribution >= 4 is 5.97 Å². The van der Waals surface area contributed by atoms with Crippen molar-refractivity contribution in [2.45, 2.75) is 39.2 Å². The molecule has 3 nitrogen and oxygen atoms in total. The third kappa shape index (κ3) is 2.31. The molecule has 1 aliphatic rings. The van der Waals surface area contributed by atoms with Crippen molar-refractivity contribution in [3.05, 3.63) is 11.1 Å². The lowest BCUT2D eigenvalue weighted by Gasteiger charge is -2.02. The van der Waals surface area contributed by atoms with E-state index < -0.39 is 5.97 Å². The molecule has 0 saturated carbocycles. The minimum Gasteiger partial charge on any atom is -0.478 e. The summed E-state index contributed by atoms with van der Waals surface area (Å²) in [7, 11) is 0. The zero-order valence-corrected chi connectivity index (χ0v) is 8.17. The van der Waals surface area contributed by atoms with Gasteiger partial charge >= 0.3 is 5.97 Å². The van der Waals surface area contributed by atoms with Gasteiger partial charge in [-0.15, -0.1) is 0 Å². The largest absolute Gasteiger partial charge is 0.478 e. The van der Waals surface area contributed by atoms with Crippen molar-refractivity contribution in [1.82, 2.24) is 0 Å². The maximum Gasteiger partial charge on any atom is 0.331 e. The van der Waals surface area contributed by atoms with E-state index in [2.05, 4.69) is 6.92 Å². The Morgan fingerprint density at radius 2 is 2.31 bits per heavy atom. The smallest absolute Gasteiger partial charge is 0.331 e. The molecule has 1 saturated heterocycles. The third-order valence-electron chi connectivity index (χ3n) is 2.46. The fraction of sp³-hybridized carbons (Fsp3) is 0.700. The molecule has 1 fully saturated rings. The molecule has 0 bridgehead atoms. The minimum absolute atomic E-state index is 0.232. The summed E-state index contributed by atoms with van der Waals surface area (Å²) in [5, 5.41) is 8.88. The van der Waals surface area contributed by atoms with Crippen LogP contribution in [0.4, 0.5) is 0 Å². The van der Waals surface area contributed by atoms with Crippen molar-refractivity contribution in [2.24, 2.45) is 0 Å². The second kappa shape index (κ2) is 4.42. The number of aliphatic carboxylic acids is 1. The number of carbonyl (C=O) groups is 1. The molecule has 1 heterocycles. The summed E-state index contributed by atoms with van der Waals surface area (Å²) in [5.74, 6) is -0.794. The molecule has 3 heteroatoms. The molecule has 1 rings (SSSR count). The summed E-state index contributed by atoms with van der Waals surface area (Å²) in [6.07, 6.45) is 2.58. The van der Waals surface area contributed by atoms with Gasteiger partial charge in [0.25, 0.3) is 0 Å². The summed E-state index contributed by atoms with van der Waals surface area (Å²) in [4.78, 5) is 10.8. The lowest BCUT2D eigenvalue weighted by atomic mass is 10.0. The number of hydrogen-bond acceptors (Lipinski definition) is 2. The van der Waals surface area contributed by atoms with Gasteiger partial charge in [-0.3, -0.25) is 0 Å². The van der Waals surface area contributed by atoms with Crippen LogP contribution in [0.2, 0.25) is 0 Å². The first-order valence-electron chi connectivity index (χ1n) is 4.74. The van der Waals surface area contributed by atoms with Crippen LogP contribution in [0.3, 0.4) is 0 Å². The molecule has 0 aromatic rings. The molecule has 1 N–H and O–H groups in total. The van der Waals surface area contributed by atoms with Crippen LogP contribution in [0.1, 0.15) is 33.1 Å². The van der Waals surface area contributed by atoms with Crippen LogP contribution in [-0.2, 0) is 9.53 Å². The second-order valence-corrected chi connectivity index (χ2v) is 3.29. The van der Waals surface area contributed by atoms with Crippen LogP contribution < -0.4 is 0 Å². The van der Waals surface area contributed by atoms with Crippen molar-refractivity contribution in [1.29, 1.82) is 0 Å². The standard InChI is InChI=1S/C10H16O3/c1-3-8-5-7(6-13-8)9(4-2)10(11)12/h8H,3-6H2,1-2H3,(H,11,12)/b9-7-. The van der Waals surface area contributed by atoms with E-state index in [0.29, 0.717) is 18.6 Å². The maximum absolute atomic E-state index is 10.8. The summed E-state index contributed by atoms with van der Waals surface area (Å²) in [6.45, 7) is 4.43. The average molecular weight is 184 g/mol. The molecule has 0 radical (unpaired) electrons. The average Bonchev–Trinajstić information content (AvgIpc) is 2.53. The number of rotatable bonds is 3. The van der Waals surface area contributed by atoms with Gasteiger partial charge in [-0.25, -0.2) is 4.79 Å². The number of carboxylic acid groups (broad SMARTS) is 1. The molecule has 1 aliphatic heterocycles. The van der Waals surface area contributed by atoms with Gasteiger partial charge in [-0.2, -0.15) is 0 Å². The zero-order valence-electron chi connectivity index (χ0n) is 8.17. The van der Waals surface area contributed by atoms with Crippen LogP contribution in [0.5, 0.6) is 0 Å². The van der Waals surface area contributed by atoms with Crippen LogP contribution in [-0.4, -0.2) is 23.8 Å². The van der Waals surface area contributed by atoms with Crippen LogP contribution in [0.15, 0.2) is 11.1 Å². The Bertz CT molecular complexity index is 230. The Balaban J connectivity index is 2.74. The highest BCUT2D eigenvalue weighted by Gasteiger charge is 2.23. The lowest BCUT2D eigenvalue weighted by molar-refractivity contribution is -0.132. The predicted octanol–water partition coefficient (Wildman–Crippen LogP) is 1.98. The summed E-state index contributed by atoms with van der Waals surface area (Å²) >= 11 is 0. The van der Waals surface area contributed by atoms with Gasteiger partial charge in [-0.1, -0.05) is 13.8 Å². The van der Waals surface area contributed by atoms with E-state index in [1.807, 2.05) is 6.92 Å². The highest BCUT2D eigenvalue weighted by atomic mass is 16.5. The number of carboxylic acids is 1. The normalized spacial score (nSPS) is 26.2. The van der Waals surface area contributed by atoms with Crippen molar-refractivity contribution < 1.29 is 14.6 Å². The van der Waals surface area contributed by atoms with Crippen LogP contribution in [0.25, 0.3) is 0 Å². The maximum atomic E-state index is 10.8. The summed E-state index contributed by atoms with van der Waals surface area (Å²) < 4.78 is 5.43. The van der Waals surface area contributed by atoms with Gasteiger partial charge in [-0.05, 0) is 24.8 Å². The van der Waals surface area contributed by atoms with Gasteiger partial charge < -0.3 is 9.84 Å². The first kappa shape index (κ1) is 10.3. The first-order valence-corrected chi connectivity index (χ1v) is 4.74. The lowest BCUT2D eigenvalue weighted by Crippen LogP contribution is -2.04. The molecule has 0 amide bonds. The zero-order chi connectivity index (χ0) is 9.84. The fourth-order valence-corrected chi connectivity index (χ4v) is 1.64. The summed E-state index contributed by atoms with van der Waals surface area (Å²) in [5.41, 5.74) is 1.51. The molecule has 0 aromatic carbocycles. The molecule has 74 valence electrons. The number of hydrogen-bond donors (Lipinski definition) is 1. The van der Waals surface area contributed by atoms with Crippen LogP contribution >= 0.6 is 0 Å². The van der Waals surface area contributed by atoms with Crippen LogP contribution in [0, 0.1) is 0 Å². The molecule has 0 aromatic heterocycles. The van der Waals surface area contributed by atoms with E-state index >= 15 is 0 Å². The predicted molar refractivity (Wildman–Crippen MR) is 49.6 cm³/mol. The Morgan fingerprint density at radius 1 is 1.62 bits per heavy atom. The molecular weight excluding hydrogens is 168 g/mol. The SMILES string of the molecule is CC/C(C(=O)O)=C1/COC(CC)C1. The Labute approximate surface area is 78.4 Å². The Hall–Kier alpha value is -0.830. The van der Waals surface area contributed by atoms with E-state index in [1.165, 1.54) is 0 Å². The van der Waals surface area contributed by atoms with Crippen molar-refractivity contribution in [3.63, 3.8) is 0 Å². The van der Waals surface area contributed by atoms with Gasteiger partial charge in [0.1, 0.15) is 0 Å². The quantitative estimate of drug-likeness (QED) is 0.682. The van der Waals surface area contributed by atoms with Crippen molar-refractivity contribution in [3.8, 4) is 0 Å². The topological polar surface area (TPSA) is 46.5 Å². The molecule has 0 aliphatic carbocycles. The van der Waals surface area contributed by atoms with E-state index in [4.69, 9.17) is 9.84 Å². The monoisotopic (exact) mass is 184 g/mol. The molecule has 1 atom stereocenters. The Morgan fingerprint density at radius 3 is 2.69 bits per heavy atom.